The summed E-state index contributed by atoms with van der Waals surface area (Å²) < 4.78 is 6.01. The number of alkyl halides is 1. The number of halogens is 1. The van der Waals surface area contributed by atoms with Gasteiger partial charge in [-0.2, -0.15) is 0 Å². The second kappa shape index (κ2) is 7.70. The molecular weight excluding hydrogens is 384 g/mol. The highest BCUT2D eigenvalue weighted by Gasteiger charge is 2.54. The average Bonchev–Trinajstić information content (AvgIpc) is 3.28. The van der Waals surface area contributed by atoms with Crippen LogP contribution in [0.4, 0.5) is 0 Å². The topological polar surface area (TPSA) is 62.6 Å². The zero-order valence-corrected chi connectivity index (χ0v) is 16.4. The van der Waals surface area contributed by atoms with Crippen molar-refractivity contribution >= 4 is 35.1 Å². The minimum atomic E-state index is -0.704. The second-order valence-electron chi connectivity index (χ2n) is 6.85. The van der Waals surface area contributed by atoms with Crippen molar-refractivity contribution in [3.63, 3.8) is 0 Å². The van der Waals surface area contributed by atoms with Crippen LogP contribution in [-0.4, -0.2) is 45.7 Å². The number of carbonyl (C=O) groups excluding carboxylic acids is 2. The molecule has 1 spiro atoms. The first kappa shape index (κ1) is 18.6. The van der Waals surface area contributed by atoms with Gasteiger partial charge >= 0.3 is 0 Å². The van der Waals surface area contributed by atoms with Crippen LogP contribution in [0, 0.1) is 0 Å². The summed E-state index contributed by atoms with van der Waals surface area (Å²) in [5.41, 5.74) is 0.998. The van der Waals surface area contributed by atoms with Crippen LogP contribution in [0.5, 0.6) is 0 Å². The maximum absolute atomic E-state index is 13.0. The lowest BCUT2D eigenvalue weighted by Gasteiger charge is -2.40. The summed E-state index contributed by atoms with van der Waals surface area (Å²) in [5.74, 6) is 1.00. The van der Waals surface area contributed by atoms with E-state index < -0.39 is 5.25 Å². The van der Waals surface area contributed by atoms with Crippen molar-refractivity contribution in [1.82, 2.24) is 10.2 Å². The van der Waals surface area contributed by atoms with E-state index in [9.17, 15) is 9.59 Å². The maximum Gasteiger partial charge on any atom is 0.244 e. The van der Waals surface area contributed by atoms with E-state index in [0.717, 1.165) is 43.0 Å². The van der Waals surface area contributed by atoms with Crippen molar-refractivity contribution in [2.24, 2.45) is 0 Å². The van der Waals surface area contributed by atoms with E-state index in [4.69, 9.17) is 16.0 Å². The van der Waals surface area contributed by atoms with Crippen LogP contribution >= 0.6 is 23.4 Å². The van der Waals surface area contributed by atoms with Gasteiger partial charge in [0.25, 0.3) is 0 Å². The first-order chi connectivity index (χ1) is 13.1. The van der Waals surface area contributed by atoms with Crippen LogP contribution in [0.2, 0.25) is 0 Å². The van der Waals surface area contributed by atoms with Crippen molar-refractivity contribution in [2.75, 3.05) is 19.0 Å². The minimum absolute atomic E-state index is 0.134. The molecule has 0 aliphatic carbocycles. The van der Waals surface area contributed by atoms with Crippen LogP contribution in [0.3, 0.4) is 0 Å². The maximum atomic E-state index is 13.0. The number of piperidine rings is 1. The summed E-state index contributed by atoms with van der Waals surface area (Å²) in [7, 11) is 0. The van der Waals surface area contributed by atoms with E-state index in [2.05, 4.69) is 5.32 Å². The summed E-state index contributed by atoms with van der Waals surface area (Å²) in [6.07, 6.45) is 1.61. The van der Waals surface area contributed by atoms with E-state index in [1.807, 2.05) is 47.4 Å². The Balaban J connectivity index is 1.59. The number of ketones is 1. The Morgan fingerprint density at radius 3 is 2.67 bits per heavy atom. The molecule has 4 rings (SSSR count). The first-order valence-corrected chi connectivity index (χ1v) is 10.5. The monoisotopic (exact) mass is 404 g/mol. The predicted molar refractivity (Wildman–Crippen MR) is 107 cm³/mol. The zero-order chi connectivity index (χ0) is 18.9. The van der Waals surface area contributed by atoms with Gasteiger partial charge in [-0.1, -0.05) is 30.3 Å². The number of nitrogens with zero attached hydrogens (tertiary/aromatic N) is 1. The third-order valence-electron chi connectivity index (χ3n) is 5.16. The third kappa shape index (κ3) is 3.53. The lowest BCUT2D eigenvalue weighted by Crippen LogP contribution is -2.50. The predicted octanol–water partition coefficient (Wildman–Crippen LogP) is 3.28. The van der Waals surface area contributed by atoms with E-state index in [-0.39, 0.29) is 22.4 Å². The highest BCUT2D eigenvalue weighted by Crippen LogP contribution is 2.48. The standard InChI is InChI=1S/C20H21ClN2O3S/c21-12-16(24)18-19(25)23(20(27-18)8-10-22-11-9-20)13-15-6-7-17(26-15)14-4-2-1-3-5-14/h1-7,18,22H,8-13H2. The Morgan fingerprint density at radius 2 is 1.96 bits per heavy atom. The van der Waals surface area contributed by atoms with Crippen molar-refractivity contribution < 1.29 is 14.0 Å². The Kier molecular flexibility index (Phi) is 5.30. The Labute approximate surface area is 167 Å². The summed E-state index contributed by atoms with van der Waals surface area (Å²) in [6, 6.07) is 13.7. The Hall–Kier alpha value is -1.76. The van der Waals surface area contributed by atoms with Crippen molar-refractivity contribution in [3.8, 4) is 11.3 Å². The molecule has 2 saturated heterocycles. The number of thioether (sulfide) groups is 1. The molecule has 27 heavy (non-hydrogen) atoms. The van der Waals surface area contributed by atoms with Gasteiger partial charge < -0.3 is 14.6 Å². The molecule has 7 heteroatoms. The van der Waals surface area contributed by atoms with E-state index >= 15 is 0 Å². The molecule has 142 valence electrons. The van der Waals surface area contributed by atoms with Gasteiger partial charge in [-0.3, -0.25) is 9.59 Å². The van der Waals surface area contributed by atoms with Crippen LogP contribution in [0.15, 0.2) is 46.9 Å². The number of carbonyl (C=O) groups is 2. The first-order valence-electron chi connectivity index (χ1n) is 9.06. The zero-order valence-electron chi connectivity index (χ0n) is 14.8. The highest BCUT2D eigenvalue weighted by molar-refractivity contribution is 8.03. The van der Waals surface area contributed by atoms with Gasteiger partial charge in [0.1, 0.15) is 16.8 Å². The van der Waals surface area contributed by atoms with Gasteiger partial charge in [-0.25, -0.2) is 0 Å². The molecule has 2 aromatic rings. The molecule has 1 N–H and O–H groups in total. The molecule has 0 radical (unpaired) electrons. The second-order valence-corrected chi connectivity index (χ2v) is 8.58. The number of benzene rings is 1. The van der Waals surface area contributed by atoms with Crippen LogP contribution < -0.4 is 5.32 Å². The van der Waals surface area contributed by atoms with E-state index in [1.165, 1.54) is 11.8 Å². The Morgan fingerprint density at radius 1 is 1.22 bits per heavy atom. The fraction of sp³-hybridized carbons (Fsp3) is 0.400. The van der Waals surface area contributed by atoms with Crippen molar-refractivity contribution in [1.29, 1.82) is 0 Å². The molecule has 1 amide bonds. The molecule has 1 aromatic heterocycles. The van der Waals surface area contributed by atoms with Crippen LogP contribution in [0.25, 0.3) is 11.3 Å². The highest BCUT2D eigenvalue weighted by atomic mass is 35.5. The minimum Gasteiger partial charge on any atom is -0.459 e. The molecule has 2 aliphatic rings. The molecule has 1 unspecified atom stereocenters. The van der Waals surface area contributed by atoms with Crippen molar-refractivity contribution in [2.45, 2.75) is 29.5 Å². The van der Waals surface area contributed by atoms with Gasteiger partial charge in [0, 0.05) is 5.56 Å². The van der Waals surface area contributed by atoms with Gasteiger partial charge in [-0.15, -0.1) is 23.4 Å². The molecule has 1 atom stereocenters. The molecule has 5 nitrogen and oxygen atoms in total. The van der Waals surface area contributed by atoms with Crippen LogP contribution in [0.1, 0.15) is 18.6 Å². The molecule has 0 bridgehead atoms. The molecule has 1 aromatic carbocycles. The molecule has 2 aliphatic heterocycles. The van der Waals surface area contributed by atoms with Gasteiger partial charge in [0.2, 0.25) is 5.91 Å². The smallest absolute Gasteiger partial charge is 0.244 e. The average molecular weight is 405 g/mol. The van der Waals surface area contributed by atoms with Crippen molar-refractivity contribution in [3.05, 3.63) is 48.2 Å². The molecular formula is C20H21ClN2O3S. The molecule has 2 fully saturated rings. The lowest BCUT2D eigenvalue weighted by molar-refractivity contribution is -0.136. The Bertz CT molecular complexity index is 833. The van der Waals surface area contributed by atoms with Crippen LogP contribution in [-0.2, 0) is 16.1 Å². The fourth-order valence-corrected chi connectivity index (χ4v) is 5.60. The third-order valence-corrected chi connectivity index (χ3v) is 7.19. The lowest BCUT2D eigenvalue weighted by atomic mass is 10.0. The largest absolute Gasteiger partial charge is 0.459 e. The van der Waals surface area contributed by atoms with E-state index in [0.29, 0.717) is 6.54 Å². The summed E-state index contributed by atoms with van der Waals surface area (Å²) in [5, 5.41) is 2.63. The molecule has 0 saturated carbocycles. The number of hydrogen-bond donors (Lipinski definition) is 1. The number of furan rings is 1. The van der Waals surface area contributed by atoms with Gasteiger partial charge in [-0.05, 0) is 38.1 Å². The number of Topliss-reactive ketones (excluding diaryl/α,β-unsaturated/α-hetero) is 1. The quantitative estimate of drug-likeness (QED) is 0.612. The molecule has 3 heterocycles. The SMILES string of the molecule is O=C(CCl)C1SC2(CCNCC2)N(Cc2ccc(-c3ccccc3)o2)C1=O. The number of nitrogens with one attached hydrogen (secondary N) is 1. The number of amides is 1. The number of rotatable bonds is 5. The summed E-state index contributed by atoms with van der Waals surface area (Å²) in [6.45, 7) is 2.02. The van der Waals surface area contributed by atoms with Gasteiger partial charge in [0.15, 0.2) is 5.78 Å². The van der Waals surface area contributed by atoms with E-state index in [1.54, 1.807) is 0 Å². The van der Waals surface area contributed by atoms with Gasteiger partial charge in [0.05, 0.1) is 17.3 Å². The summed E-state index contributed by atoms with van der Waals surface area (Å²) in [4.78, 5) is 26.7. The normalized spacial score (nSPS) is 21.7. The number of hydrogen-bond acceptors (Lipinski definition) is 5. The fourth-order valence-electron chi connectivity index (χ4n) is 3.75. The summed E-state index contributed by atoms with van der Waals surface area (Å²) >= 11 is 7.21.